The zero-order chi connectivity index (χ0) is 16.9. The number of morpholine rings is 1. The summed E-state index contributed by atoms with van der Waals surface area (Å²) in [4.78, 5) is 25.5. The fourth-order valence-corrected chi connectivity index (χ4v) is 3.46. The number of furan rings is 1. The maximum absolute atomic E-state index is 12.2. The lowest BCUT2D eigenvalue weighted by atomic mass is 10.2. The number of thiophene rings is 1. The summed E-state index contributed by atoms with van der Waals surface area (Å²) in [7, 11) is 0. The van der Waals surface area contributed by atoms with Crippen LogP contribution in [0.25, 0.3) is 0 Å². The molecule has 0 aromatic carbocycles. The van der Waals surface area contributed by atoms with Crippen LogP contribution in [0.1, 0.15) is 21.5 Å². The van der Waals surface area contributed by atoms with E-state index < -0.39 is 16.7 Å². The van der Waals surface area contributed by atoms with E-state index in [0.29, 0.717) is 19.8 Å². The first-order chi connectivity index (χ1) is 11.6. The molecule has 0 bridgehead atoms. The Balaban J connectivity index is 1.66. The highest BCUT2D eigenvalue weighted by molar-refractivity contribution is 7.10. The fraction of sp³-hybridized carbons (Fsp3) is 0.400. The molecule has 1 aliphatic heterocycles. The van der Waals surface area contributed by atoms with Gasteiger partial charge in [0.15, 0.2) is 5.76 Å². The van der Waals surface area contributed by atoms with E-state index in [9.17, 15) is 14.9 Å². The molecular formula is C15H17N3O5S. The van der Waals surface area contributed by atoms with Crippen molar-refractivity contribution in [3.05, 3.63) is 50.4 Å². The van der Waals surface area contributed by atoms with Gasteiger partial charge in [0, 0.05) is 24.5 Å². The molecule has 1 unspecified atom stereocenters. The second-order valence-corrected chi connectivity index (χ2v) is 6.26. The highest BCUT2D eigenvalue weighted by Crippen LogP contribution is 2.25. The minimum absolute atomic E-state index is 0.0443. The van der Waals surface area contributed by atoms with Gasteiger partial charge in [0.2, 0.25) is 0 Å². The van der Waals surface area contributed by atoms with E-state index in [-0.39, 0.29) is 11.8 Å². The SMILES string of the molecule is O=C(NCC(c1cccs1)N1CCOCC1)c1ccc([N+](=O)[O-])o1. The normalized spacial score (nSPS) is 16.7. The predicted octanol–water partition coefficient (Wildman–Crippen LogP) is 2.05. The first-order valence-electron chi connectivity index (χ1n) is 7.53. The summed E-state index contributed by atoms with van der Waals surface area (Å²) in [5.74, 6) is -0.963. The van der Waals surface area contributed by atoms with Crippen LogP contribution in [0, 0.1) is 10.1 Å². The maximum atomic E-state index is 12.2. The number of rotatable bonds is 6. The van der Waals surface area contributed by atoms with Gasteiger partial charge < -0.3 is 14.5 Å². The van der Waals surface area contributed by atoms with Gasteiger partial charge in [-0.2, -0.15) is 0 Å². The van der Waals surface area contributed by atoms with E-state index in [1.54, 1.807) is 11.3 Å². The van der Waals surface area contributed by atoms with Crippen LogP contribution in [0.5, 0.6) is 0 Å². The smallest absolute Gasteiger partial charge is 0.395 e. The van der Waals surface area contributed by atoms with E-state index in [1.807, 2.05) is 17.5 Å². The van der Waals surface area contributed by atoms with Crippen molar-refractivity contribution in [3.8, 4) is 0 Å². The maximum Gasteiger partial charge on any atom is 0.433 e. The summed E-state index contributed by atoms with van der Waals surface area (Å²) in [6.45, 7) is 3.32. The van der Waals surface area contributed by atoms with Crippen molar-refractivity contribution >= 4 is 23.1 Å². The standard InChI is InChI=1S/C15H17N3O5S/c19-15(12-3-4-14(23-12)18(20)21)16-10-11(13-2-1-9-24-13)17-5-7-22-8-6-17/h1-4,9,11H,5-8,10H2,(H,16,19). The molecule has 2 aromatic rings. The van der Waals surface area contributed by atoms with E-state index >= 15 is 0 Å². The summed E-state index contributed by atoms with van der Waals surface area (Å²) >= 11 is 1.63. The second-order valence-electron chi connectivity index (χ2n) is 5.28. The van der Waals surface area contributed by atoms with E-state index in [4.69, 9.17) is 9.15 Å². The second kappa shape index (κ2) is 7.56. The highest BCUT2D eigenvalue weighted by Gasteiger charge is 2.25. The summed E-state index contributed by atoms with van der Waals surface area (Å²) in [5, 5.41) is 15.4. The van der Waals surface area contributed by atoms with Crippen molar-refractivity contribution in [2.24, 2.45) is 0 Å². The minimum Gasteiger partial charge on any atom is -0.395 e. The molecule has 0 radical (unpaired) electrons. The van der Waals surface area contributed by atoms with Crippen LogP contribution in [-0.4, -0.2) is 48.6 Å². The first-order valence-corrected chi connectivity index (χ1v) is 8.41. The van der Waals surface area contributed by atoms with Crippen LogP contribution < -0.4 is 5.32 Å². The number of ether oxygens (including phenoxy) is 1. The average molecular weight is 351 g/mol. The number of hydrogen-bond donors (Lipinski definition) is 1. The largest absolute Gasteiger partial charge is 0.433 e. The molecule has 1 amide bonds. The zero-order valence-corrected chi connectivity index (χ0v) is 13.7. The lowest BCUT2D eigenvalue weighted by Gasteiger charge is -2.34. The molecule has 3 heterocycles. The molecule has 1 saturated heterocycles. The number of nitrogens with zero attached hydrogens (tertiary/aromatic N) is 2. The molecule has 24 heavy (non-hydrogen) atoms. The third-order valence-electron chi connectivity index (χ3n) is 3.81. The van der Waals surface area contributed by atoms with Crippen LogP contribution in [-0.2, 0) is 4.74 Å². The van der Waals surface area contributed by atoms with E-state index in [2.05, 4.69) is 10.2 Å². The Morgan fingerprint density at radius 2 is 2.17 bits per heavy atom. The molecule has 3 rings (SSSR count). The van der Waals surface area contributed by atoms with Crippen molar-refractivity contribution < 1.29 is 18.9 Å². The van der Waals surface area contributed by atoms with Crippen LogP contribution >= 0.6 is 11.3 Å². The fourth-order valence-electron chi connectivity index (χ4n) is 2.60. The van der Waals surface area contributed by atoms with Crippen molar-refractivity contribution in [1.82, 2.24) is 10.2 Å². The van der Waals surface area contributed by atoms with Crippen LogP contribution in [0.2, 0.25) is 0 Å². The van der Waals surface area contributed by atoms with Gasteiger partial charge in [-0.05, 0) is 17.5 Å². The molecule has 0 saturated carbocycles. The third-order valence-corrected chi connectivity index (χ3v) is 4.78. The lowest BCUT2D eigenvalue weighted by Crippen LogP contribution is -2.43. The molecule has 8 nitrogen and oxygen atoms in total. The number of nitrogens with one attached hydrogen (secondary N) is 1. The Morgan fingerprint density at radius 1 is 1.38 bits per heavy atom. The van der Waals surface area contributed by atoms with Crippen LogP contribution in [0.15, 0.2) is 34.1 Å². The van der Waals surface area contributed by atoms with Gasteiger partial charge in [0.05, 0.1) is 25.3 Å². The van der Waals surface area contributed by atoms with Crippen molar-refractivity contribution in [3.63, 3.8) is 0 Å². The van der Waals surface area contributed by atoms with Gasteiger partial charge in [-0.1, -0.05) is 6.07 Å². The van der Waals surface area contributed by atoms with Gasteiger partial charge >= 0.3 is 5.88 Å². The van der Waals surface area contributed by atoms with Gasteiger partial charge in [-0.25, -0.2) is 0 Å². The molecule has 1 atom stereocenters. The van der Waals surface area contributed by atoms with Crippen LogP contribution in [0.4, 0.5) is 5.88 Å². The summed E-state index contributed by atoms with van der Waals surface area (Å²) < 4.78 is 10.3. The van der Waals surface area contributed by atoms with Crippen LogP contribution in [0.3, 0.4) is 0 Å². The van der Waals surface area contributed by atoms with E-state index in [1.165, 1.54) is 12.1 Å². The molecule has 9 heteroatoms. The summed E-state index contributed by atoms with van der Waals surface area (Å²) in [5.41, 5.74) is 0. The Labute approximate surface area is 142 Å². The third kappa shape index (κ3) is 3.81. The number of nitro groups is 1. The van der Waals surface area contributed by atoms with Gasteiger partial charge in [0.1, 0.15) is 4.92 Å². The van der Waals surface area contributed by atoms with Crippen molar-refractivity contribution in [2.75, 3.05) is 32.8 Å². The quantitative estimate of drug-likeness (QED) is 0.632. The Kier molecular flexibility index (Phi) is 5.24. The Hall–Kier alpha value is -2.23. The van der Waals surface area contributed by atoms with Gasteiger partial charge in [-0.15, -0.1) is 11.3 Å². The number of carbonyl (C=O) groups excluding carboxylic acids is 1. The zero-order valence-electron chi connectivity index (χ0n) is 12.8. The average Bonchev–Trinajstić information content (AvgIpc) is 3.28. The summed E-state index contributed by atoms with van der Waals surface area (Å²) in [6, 6.07) is 6.54. The molecule has 1 N–H and O–H groups in total. The molecular weight excluding hydrogens is 334 g/mol. The van der Waals surface area contributed by atoms with E-state index in [0.717, 1.165) is 18.0 Å². The predicted molar refractivity (Wildman–Crippen MR) is 87.1 cm³/mol. The Bertz CT molecular complexity index is 694. The van der Waals surface area contributed by atoms with Crippen molar-refractivity contribution in [2.45, 2.75) is 6.04 Å². The van der Waals surface area contributed by atoms with Gasteiger partial charge in [-0.3, -0.25) is 19.8 Å². The molecule has 128 valence electrons. The van der Waals surface area contributed by atoms with Gasteiger partial charge in [0.25, 0.3) is 5.91 Å². The molecule has 2 aromatic heterocycles. The topological polar surface area (TPSA) is 97.9 Å². The van der Waals surface area contributed by atoms with Crippen molar-refractivity contribution in [1.29, 1.82) is 0 Å². The number of carbonyl (C=O) groups is 1. The Morgan fingerprint density at radius 3 is 2.79 bits per heavy atom. The number of amides is 1. The minimum atomic E-state index is -0.668. The lowest BCUT2D eigenvalue weighted by molar-refractivity contribution is -0.402. The molecule has 1 aliphatic rings. The molecule has 1 fully saturated rings. The molecule has 0 aliphatic carbocycles. The monoisotopic (exact) mass is 351 g/mol. The molecule has 0 spiro atoms. The number of hydrogen-bond acceptors (Lipinski definition) is 7. The highest BCUT2D eigenvalue weighted by atomic mass is 32.1. The summed E-state index contributed by atoms with van der Waals surface area (Å²) in [6.07, 6.45) is 0. The first kappa shape index (κ1) is 16.6.